The summed E-state index contributed by atoms with van der Waals surface area (Å²) in [6.07, 6.45) is 0.340. The number of amides is 1. The van der Waals surface area contributed by atoms with Crippen LogP contribution in [0.15, 0.2) is 29.2 Å². The van der Waals surface area contributed by atoms with Crippen LogP contribution in [0.5, 0.6) is 0 Å². The Bertz CT molecular complexity index is 770. The highest BCUT2D eigenvalue weighted by Gasteiger charge is 2.43. The van der Waals surface area contributed by atoms with Crippen LogP contribution >= 0.6 is 11.8 Å². The van der Waals surface area contributed by atoms with Crippen molar-refractivity contribution in [2.75, 3.05) is 18.6 Å². The van der Waals surface area contributed by atoms with Crippen molar-refractivity contribution in [3.8, 4) is 0 Å². The molecular weight excluding hydrogens is 364 g/mol. The zero-order valence-electron chi connectivity index (χ0n) is 14.4. The lowest BCUT2D eigenvalue weighted by atomic mass is 9.98. The van der Waals surface area contributed by atoms with E-state index in [-0.39, 0.29) is 16.5 Å². The van der Waals surface area contributed by atoms with Crippen LogP contribution < -0.4 is 5.32 Å². The topological polar surface area (TPSA) is 104 Å². The highest BCUT2D eigenvalue weighted by molar-refractivity contribution is 7.99. The average molecular weight is 386 g/mol. The van der Waals surface area contributed by atoms with E-state index in [1.807, 2.05) is 0 Å². The zero-order chi connectivity index (χ0) is 18.8. The molecule has 7 nitrogen and oxygen atoms in total. The molecule has 1 amide bonds. The van der Waals surface area contributed by atoms with E-state index in [1.54, 1.807) is 13.8 Å². The minimum Gasteiger partial charge on any atom is -0.479 e. The Labute approximate surface area is 151 Å². The van der Waals surface area contributed by atoms with Crippen LogP contribution in [0.1, 0.15) is 30.6 Å². The van der Waals surface area contributed by atoms with E-state index < -0.39 is 27.4 Å². The van der Waals surface area contributed by atoms with E-state index >= 15 is 0 Å². The predicted octanol–water partition coefficient (Wildman–Crippen LogP) is 1.41. The van der Waals surface area contributed by atoms with Gasteiger partial charge in [0, 0.05) is 24.4 Å². The Morgan fingerprint density at radius 2 is 2.04 bits per heavy atom. The number of thioether (sulfide) groups is 1. The molecule has 2 N–H and O–H groups in total. The van der Waals surface area contributed by atoms with Crippen molar-refractivity contribution >= 4 is 33.7 Å². The molecule has 1 unspecified atom stereocenters. The summed E-state index contributed by atoms with van der Waals surface area (Å²) in [7, 11) is -2.25. The van der Waals surface area contributed by atoms with Gasteiger partial charge in [-0.2, -0.15) is 16.1 Å². The molecule has 25 heavy (non-hydrogen) atoms. The lowest BCUT2D eigenvalue weighted by molar-refractivity contribution is -0.143. The number of carbonyl (C=O) groups excluding carboxylic acids is 1. The summed E-state index contributed by atoms with van der Waals surface area (Å²) in [5.41, 5.74) is -1.18. The molecule has 1 aliphatic rings. The highest BCUT2D eigenvalue weighted by atomic mass is 32.2. The minimum atomic E-state index is -3.72. The standard InChI is InChI=1S/C16H22N2O5S2/c1-11(2)18(3)25(22,23)13-6-4-5-12(9-13)14(19)17-16(15(20)21)7-8-24-10-16/h4-6,9,11H,7-8,10H2,1-3H3,(H,17,19)(H,20,21). The number of carbonyl (C=O) groups is 2. The van der Waals surface area contributed by atoms with Crippen LogP contribution in [-0.4, -0.2) is 59.8 Å². The summed E-state index contributed by atoms with van der Waals surface area (Å²) in [4.78, 5) is 24.1. The quantitative estimate of drug-likeness (QED) is 0.766. The second kappa shape index (κ2) is 7.35. The van der Waals surface area contributed by atoms with Crippen LogP contribution in [0, 0.1) is 0 Å². The number of sulfonamides is 1. The molecule has 0 aromatic heterocycles. The highest BCUT2D eigenvalue weighted by Crippen LogP contribution is 2.29. The largest absolute Gasteiger partial charge is 0.479 e. The normalized spacial score (nSPS) is 20.8. The lowest BCUT2D eigenvalue weighted by Gasteiger charge is -2.25. The number of nitrogens with one attached hydrogen (secondary N) is 1. The molecule has 1 aromatic rings. The SMILES string of the molecule is CC(C)N(C)S(=O)(=O)c1cccc(C(=O)NC2(C(=O)O)CCSC2)c1. The fourth-order valence-electron chi connectivity index (χ4n) is 2.42. The minimum absolute atomic E-state index is 0.00141. The van der Waals surface area contributed by atoms with E-state index in [1.165, 1.54) is 47.4 Å². The number of carboxylic acid groups (broad SMARTS) is 1. The van der Waals surface area contributed by atoms with Crippen molar-refractivity contribution in [2.45, 2.75) is 36.7 Å². The van der Waals surface area contributed by atoms with Crippen LogP contribution in [0.4, 0.5) is 0 Å². The molecule has 9 heteroatoms. The van der Waals surface area contributed by atoms with Crippen LogP contribution in [0.2, 0.25) is 0 Å². The van der Waals surface area contributed by atoms with Crippen LogP contribution in [-0.2, 0) is 14.8 Å². The van der Waals surface area contributed by atoms with E-state index in [2.05, 4.69) is 5.32 Å². The number of hydrogen-bond donors (Lipinski definition) is 2. The van der Waals surface area contributed by atoms with Gasteiger partial charge < -0.3 is 10.4 Å². The Morgan fingerprint density at radius 1 is 1.36 bits per heavy atom. The van der Waals surface area contributed by atoms with Crippen molar-refractivity contribution < 1.29 is 23.1 Å². The fourth-order valence-corrected chi connectivity index (χ4v) is 5.16. The molecule has 1 aromatic carbocycles. The van der Waals surface area contributed by atoms with Crippen molar-refractivity contribution in [2.24, 2.45) is 0 Å². The first-order valence-electron chi connectivity index (χ1n) is 7.82. The third-order valence-corrected chi connectivity index (χ3v) is 7.50. The summed E-state index contributed by atoms with van der Waals surface area (Å²) in [6, 6.07) is 5.42. The maximum atomic E-state index is 12.6. The first kappa shape index (κ1) is 19.7. The molecule has 0 bridgehead atoms. The average Bonchev–Trinajstić information content (AvgIpc) is 3.04. The summed E-state index contributed by atoms with van der Waals surface area (Å²) < 4.78 is 26.3. The van der Waals surface area contributed by atoms with Gasteiger partial charge in [-0.25, -0.2) is 13.2 Å². The Kier molecular flexibility index (Phi) is 5.80. The van der Waals surface area contributed by atoms with Gasteiger partial charge in [0.25, 0.3) is 5.91 Å². The molecule has 138 valence electrons. The van der Waals surface area contributed by atoms with Crippen molar-refractivity contribution in [1.29, 1.82) is 0 Å². The van der Waals surface area contributed by atoms with Gasteiger partial charge >= 0.3 is 5.97 Å². The van der Waals surface area contributed by atoms with Gasteiger partial charge in [-0.3, -0.25) is 4.79 Å². The Morgan fingerprint density at radius 3 is 2.56 bits per heavy atom. The molecule has 0 spiro atoms. The second-order valence-corrected chi connectivity index (χ2v) is 9.39. The van der Waals surface area contributed by atoms with Gasteiger partial charge in [0.15, 0.2) is 0 Å². The number of nitrogens with zero attached hydrogens (tertiary/aromatic N) is 1. The van der Waals surface area contributed by atoms with Gasteiger partial charge in [-0.1, -0.05) is 6.07 Å². The van der Waals surface area contributed by atoms with Crippen molar-refractivity contribution in [3.05, 3.63) is 29.8 Å². The maximum Gasteiger partial charge on any atom is 0.330 e. The first-order valence-corrected chi connectivity index (χ1v) is 10.4. The summed E-state index contributed by atoms with van der Waals surface area (Å²) >= 11 is 1.46. The lowest BCUT2D eigenvalue weighted by Crippen LogP contribution is -2.54. The zero-order valence-corrected chi connectivity index (χ0v) is 16.0. The summed E-state index contributed by atoms with van der Waals surface area (Å²) in [6.45, 7) is 3.50. The maximum absolute atomic E-state index is 12.6. The summed E-state index contributed by atoms with van der Waals surface area (Å²) in [5.74, 6) is -0.717. The molecule has 1 heterocycles. The molecule has 1 saturated heterocycles. The fraction of sp³-hybridized carbons (Fsp3) is 0.500. The Hall–Kier alpha value is -1.58. The number of benzene rings is 1. The monoisotopic (exact) mass is 386 g/mol. The van der Waals surface area contributed by atoms with Crippen molar-refractivity contribution in [1.82, 2.24) is 9.62 Å². The number of carboxylic acids is 1. The van der Waals surface area contributed by atoms with Crippen LogP contribution in [0.25, 0.3) is 0 Å². The van der Waals surface area contributed by atoms with E-state index in [4.69, 9.17) is 0 Å². The first-order chi connectivity index (χ1) is 11.6. The molecule has 0 radical (unpaired) electrons. The smallest absolute Gasteiger partial charge is 0.330 e. The number of hydrogen-bond acceptors (Lipinski definition) is 5. The molecule has 1 aliphatic heterocycles. The van der Waals surface area contributed by atoms with Crippen LogP contribution in [0.3, 0.4) is 0 Å². The van der Waals surface area contributed by atoms with Gasteiger partial charge in [0.1, 0.15) is 5.54 Å². The molecule has 0 aliphatic carbocycles. The number of rotatable bonds is 6. The molecule has 1 atom stereocenters. The number of aliphatic carboxylic acids is 1. The van der Waals surface area contributed by atoms with E-state index in [0.29, 0.717) is 17.9 Å². The predicted molar refractivity (Wildman–Crippen MR) is 96.3 cm³/mol. The van der Waals surface area contributed by atoms with Gasteiger partial charge in [-0.05, 0) is 44.2 Å². The molecule has 2 rings (SSSR count). The molecular formula is C16H22N2O5S2. The van der Waals surface area contributed by atoms with E-state index in [9.17, 15) is 23.1 Å². The van der Waals surface area contributed by atoms with E-state index in [0.717, 1.165) is 0 Å². The second-order valence-electron chi connectivity index (χ2n) is 6.29. The molecule has 1 fully saturated rings. The van der Waals surface area contributed by atoms with Crippen molar-refractivity contribution in [3.63, 3.8) is 0 Å². The van der Waals surface area contributed by atoms with Gasteiger partial charge in [0.2, 0.25) is 10.0 Å². The third-order valence-electron chi connectivity index (χ3n) is 4.28. The van der Waals surface area contributed by atoms with Gasteiger partial charge in [-0.15, -0.1) is 0 Å². The molecule has 0 saturated carbocycles. The Balaban J connectivity index is 2.29. The van der Waals surface area contributed by atoms with Gasteiger partial charge in [0.05, 0.1) is 4.90 Å². The third kappa shape index (κ3) is 3.99. The summed E-state index contributed by atoms with van der Waals surface area (Å²) in [5, 5.41) is 12.0.